The maximum atomic E-state index is 10.3. The molecular weight excluding hydrogens is 375 g/mol. The van der Waals surface area contributed by atoms with Gasteiger partial charge in [-0.2, -0.15) is 0 Å². The monoisotopic (exact) mass is 388 g/mol. The fourth-order valence-electron chi connectivity index (χ4n) is 2.86. The Labute approximate surface area is 127 Å². The molecule has 0 aromatic carbocycles. The molecule has 1 aliphatic heterocycles. The van der Waals surface area contributed by atoms with Crippen LogP contribution in [0.5, 0.6) is 0 Å². The molecule has 2 aliphatic rings. The van der Waals surface area contributed by atoms with E-state index in [1.807, 2.05) is 6.20 Å². The molecule has 2 aromatic rings. The maximum Gasteiger partial charge on any atom is 0.164 e. The Balaban J connectivity index is 1.85. The summed E-state index contributed by atoms with van der Waals surface area (Å²) in [4.78, 5) is 8.21. The van der Waals surface area contributed by atoms with Crippen LogP contribution in [0, 0.1) is 3.57 Å². The molecular formula is C12H13IN4O3. The number of rotatable bonds is 1. The van der Waals surface area contributed by atoms with E-state index in [0.717, 1.165) is 21.8 Å². The standard InChI is InChI=1S/C12H13IN4O3/c13-5-3-17(10-6(5)9(14)15-4-16-10)11-7(18)8(19)12(20-11)1-2-12/h3-4,7-8,11,18-19H,1-2H2,(H2,14,15,16)/t7-,8+,11-/m1/s1. The number of hydrogen-bond donors (Lipinski definition) is 3. The van der Waals surface area contributed by atoms with Crippen LogP contribution in [-0.4, -0.2) is 42.6 Å². The quantitative estimate of drug-likeness (QED) is 0.611. The van der Waals surface area contributed by atoms with Gasteiger partial charge in [0.15, 0.2) is 6.23 Å². The van der Waals surface area contributed by atoms with Gasteiger partial charge in [-0.25, -0.2) is 9.97 Å². The summed E-state index contributed by atoms with van der Waals surface area (Å²) in [6.07, 6.45) is 2.27. The third-order valence-electron chi connectivity index (χ3n) is 4.12. The van der Waals surface area contributed by atoms with Gasteiger partial charge in [-0.3, -0.25) is 0 Å². The first-order valence-corrected chi connectivity index (χ1v) is 7.42. The van der Waals surface area contributed by atoms with Gasteiger partial charge < -0.3 is 25.3 Å². The smallest absolute Gasteiger partial charge is 0.164 e. The van der Waals surface area contributed by atoms with Gasteiger partial charge in [0.1, 0.15) is 30.0 Å². The van der Waals surface area contributed by atoms with Gasteiger partial charge >= 0.3 is 0 Å². The van der Waals surface area contributed by atoms with Crippen LogP contribution in [0.2, 0.25) is 0 Å². The van der Waals surface area contributed by atoms with Crippen molar-refractivity contribution in [2.45, 2.75) is 36.9 Å². The Morgan fingerprint density at radius 2 is 2.15 bits per heavy atom. The molecule has 2 fully saturated rings. The molecule has 1 spiro atoms. The number of nitrogens with two attached hydrogens (primary N) is 1. The van der Waals surface area contributed by atoms with E-state index in [-0.39, 0.29) is 0 Å². The van der Waals surface area contributed by atoms with Crippen molar-refractivity contribution in [3.05, 3.63) is 16.1 Å². The Morgan fingerprint density at radius 1 is 1.40 bits per heavy atom. The SMILES string of the molecule is Nc1ncnc2c1c(I)cn2[C@@H]1OC2(CC2)[C@@H](O)[C@H]1O. The number of fused-ring (bicyclic) bond motifs is 1. The van der Waals surface area contributed by atoms with Crippen molar-refractivity contribution in [3.8, 4) is 0 Å². The summed E-state index contributed by atoms with van der Waals surface area (Å²) in [6, 6.07) is 0. The highest BCUT2D eigenvalue weighted by molar-refractivity contribution is 14.1. The summed E-state index contributed by atoms with van der Waals surface area (Å²) < 4.78 is 8.51. The highest BCUT2D eigenvalue weighted by atomic mass is 127. The maximum absolute atomic E-state index is 10.3. The minimum absolute atomic E-state index is 0.396. The highest BCUT2D eigenvalue weighted by Gasteiger charge is 2.62. The van der Waals surface area contributed by atoms with Gasteiger partial charge in [0.25, 0.3) is 0 Å². The number of anilines is 1. The summed E-state index contributed by atoms with van der Waals surface area (Å²) in [6.45, 7) is 0. The normalized spacial score (nSPS) is 31.2. The Kier molecular flexibility index (Phi) is 2.57. The van der Waals surface area contributed by atoms with Crippen LogP contribution in [0.3, 0.4) is 0 Å². The number of aliphatic hydroxyl groups is 2. The van der Waals surface area contributed by atoms with Crippen molar-refractivity contribution < 1.29 is 14.9 Å². The third-order valence-corrected chi connectivity index (χ3v) is 4.94. The van der Waals surface area contributed by atoms with Gasteiger partial charge in [-0.1, -0.05) is 0 Å². The highest BCUT2D eigenvalue weighted by Crippen LogP contribution is 2.53. The average molecular weight is 388 g/mol. The van der Waals surface area contributed by atoms with Crippen LogP contribution >= 0.6 is 22.6 Å². The number of ether oxygens (including phenoxy) is 1. The lowest BCUT2D eigenvalue weighted by atomic mass is 10.1. The fourth-order valence-corrected chi connectivity index (χ4v) is 3.68. The van der Waals surface area contributed by atoms with E-state index in [4.69, 9.17) is 10.5 Å². The van der Waals surface area contributed by atoms with Gasteiger partial charge in [0, 0.05) is 9.77 Å². The minimum Gasteiger partial charge on any atom is -0.387 e. The fraction of sp³-hybridized carbons (Fsp3) is 0.500. The van der Waals surface area contributed by atoms with E-state index in [9.17, 15) is 10.2 Å². The number of aliphatic hydroxyl groups excluding tert-OH is 2. The Morgan fingerprint density at radius 3 is 2.80 bits per heavy atom. The lowest BCUT2D eigenvalue weighted by Gasteiger charge is -2.17. The number of nitrogen functional groups attached to an aromatic ring is 1. The second-order valence-corrected chi connectivity index (χ2v) is 6.51. The molecule has 106 valence electrons. The largest absolute Gasteiger partial charge is 0.387 e. The minimum atomic E-state index is -0.972. The van der Waals surface area contributed by atoms with Crippen molar-refractivity contribution in [1.29, 1.82) is 0 Å². The molecule has 1 saturated heterocycles. The zero-order valence-corrected chi connectivity index (χ0v) is 12.6. The van der Waals surface area contributed by atoms with Gasteiger partial charge in [0.05, 0.1) is 11.0 Å². The molecule has 4 N–H and O–H groups in total. The molecule has 4 rings (SSSR count). The number of hydrogen-bond acceptors (Lipinski definition) is 6. The second kappa shape index (κ2) is 4.03. The average Bonchev–Trinajstić information content (AvgIpc) is 3.08. The zero-order chi connectivity index (χ0) is 14.1. The second-order valence-electron chi connectivity index (χ2n) is 5.35. The molecule has 3 heterocycles. The predicted octanol–water partition coefficient (Wildman–Crippen LogP) is 0.401. The number of nitrogens with zero attached hydrogens (tertiary/aromatic N) is 3. The van der Waals surface area contributed by atoms with E-state index < -0.39 is 24.0 Å². The van der Waals surface area contributed by atoms with E-state index in [1.165, 1.54) is 6.33 Å². The van der Waals surface area contributed by atoms with Crippen molar-refractivity contribution in [1.82, 2.24) is 14.5 Å². The topological polar surface area (TPSA) is 106 Å². The van der Waals surface area contributed by atoms with E-state index in [0.29, 0.717) is 11.5 Å². The van der Waals surface area contributed by atoms with E-state index in [1.54, 1.807) is 4.57 Å². The Hall–Kier alpha value is -0.970. The number of halogens is 1. The van der Waals surface area contributed by atoms with Crippen LogP contribution < -0.4 is 5.73 Å². The molecule has 8 heteroatoms. The summed E-state index contributed by atoms with van der Waals surface area (Å²) in [5.74, 6) is 0.396. The molecule has 1 aliphatic carbocycles. The lowest BCUT2D eigenvalue weighted by Crippen LogP contribution is -2.32. The Bertz CT molecular complexity index is 699. The van der Waals surface area contributed by atoms with Crippen LogP contribution in [0.15, 0.2) is 12.5 Å². The molecule has 7 nitrogen and oxygen atoms in total. The van der Waals surface area contributed by atoms with Crippen molar-refractivity contribution in [3.63, 3.8) is 0 Å². The molecule has 1 saturated carbocycles. The summed E-state index contributed by atoms with van der Waals surface area (Å²) in [5, 5.41) is 21.1. The molecule has 0 unspecified atom stereocenters. The molecule has 2 aromatic heterocycles. The van der Waals surface area contributed by atoms with Crippen LogP contribution in [0.1, 0.15) is 19.1 Å². The zero-order valence-electron chi connectivity index (χ0n) is 10.4. The molecule has 0 bridgehead atoms. The van der Waals surface area contributed by atoms with Crippen molar-refractivity contribution >= 4 is 39.4 Å². The third kappa shape index (κ3) is 1.56. The first-order valence-electron chi connectivity index (χ1n) is 6.34. The van der Waals surface area contributed by atoms with Gasteiger partial charge in [0.2, 0.25) is 0 Å². The molecule has 0 radical (unpaired) electrons. The van der Waals surface area contributed by atoms with Crippen LogP contribution in [0.4, 0.5) is 5.82 Å². The van der Waals surface area contributed by atoms with Gasteiger partial charge in [-0.05, 0) is 35.4 Å². The number of aromatic nitrogens is 3. The first kappa shape index (κ1) is 12.7. The summed E-state index contributed by atoms with van der Waals surface area (Å²) in [7, 11) is 0. The van der Waals surface area contributed by atoms with E-state index >= 15 is 0 Å². The summed E-state index contributed by atoms with van der Waals surface area (Å²) >= 11 is 2.15. The molecule has 0 amide bonds. The predicted molar refractivity (Wildman–Crippen MR) is 78.8 cm³/mol. The lowest BCUT2D eigenvalue weighted by molar-refractivity contribution is -0.0457. The van der Waals surface area contributed by atoms with E-state index in [2.05, 4.69) is 32.6 Å². The molecule has 3 atom stereocenters. The molecule has 20 heavy (non-hydrogen) atoms. The first-order chi connectivity index (χ1) is 9.53. The van der Waals surface area contributed by atoms with Crippen molar-refractivity contribution in [2.24, 2.45) is 0 Å². The van der Waals surface area contributed by atoms with Crippen LogP contribution in [0.25, 0.3) is 11.0 Å². The van der Waals surface area contributed by atoms with Crippen LogP contribution in [-0.2, 0) is 4.74 Å². The summed E-state index contributed by atoms with van der Waals surface area (Å²) in [5.41, 5.74) is 5.90. The van der Waals surface area contributed by atoms with Gasteiger partial charge in [-0.15, -0.1) is 0 Å². The van der Waals surface area contributed by atoms with Crippen molar-refractivity contribution in [2.75, 3.05) is 5.73 Å².